The van der Waals surface area contributed by atoms with Crippen molar-refractivity contribution in [3.63, 3.8) is 0 Å². The van der Waals surface area contributed by atoms with Crippen LogP contribution in [0.5, 0.6) is 5.75 Å². The molecule has 0 radical (unpaired) electrons. The van der Waals surface area contributed by atoms with E-state index in [1.807, 2.05) is 30.3 Å². The number of nitrogens with one attached hydrogen (secondary N) is 2. The number of rotatable bonds is 8. The molecule has 0 bridgehead atoms. The minimum Gasteiger partial charge on any atom is -0.494 e. The van der Waals surface area contributed by atoms with Gasteiger partial charge in [0.1, 0.15) is 5.75 Å². The van der Waals surface area contributed by atoms with Gasteiger partial charge in [0.05, 0.1) is 6.61 Å². The maximum atomic E-state index is 11.7. The number of carbonyl (C=O) groups is 1. The minimum absolute atomic E-state index is 0.113. The summed E-state index contributed by atoms with van der Waals surface area (Å²) in [7, 11) is 0. The third-order valence-electron chi connectivity index (χ3n) is 3.52. The molecule has 1 amide bonds. The average molecular weight is 291 g/mol. The van der Waals surface area contributed by atoms with E-state index in [9.17, 15) is 4.79 Å². The van der Waals surface area contributed by atoms with Crippen molar-refractivity contribution in [3.8, 4) is 5.75 Å². The van der Waals surface area contributed by atoms with Gasteiger partial charge in [0.15, 0.2) is 0 Å². The van der Waals surface area contributed by atoms with Crippen molar-refractivity contribution in [2.45, 2.75) is 12.8 Å². The Kier molecular flexibility index (Phi) is 7.04. The van der Waals surface area contributed by atoms with E-state index in [1.54, 1.807) is 0 Å². The fourth-order valence-electron chi connectivity index (χ4n) is 2.32. The molecule has 0 spiro atoms. The molecule has 1 aromatic carbocycles. The number of ether oxygens (including phenoxy) is 1. The van der Waals surface area contributed by atoms with Crippen LogP contribution in [0.15, 0.2) is 30.3 Å². The van der Waals surface area contributed by atoms with Crippen LogP contribution >= 0.6 is 0 Å². The first-order chi connectivity index (χ1) is 10.3. The quantitative estimate of drug-likeness (QED) is 0.698. The van der Waals surface area contributed by atoms with E-state index in [0.717, 1.165) is 51.4 Å². The van der Waals surface area contributed by atoms with Gasteiger partial charge in [-0.2, -0.15) is 0 Å². The van der Waals surface area contributed by atoms with E-state index in [0.29, 0.717) is 13.0 Å². The summed E-state index contributed by atoms with van der Waals surface area (Å²) < 4.78 is 5.56. The van der Waals surface area contributed by atoms with Crippen molar-refractivity contribution in [3.05, 3.63) is 30.3 Å². The van der Waals surface area contributed by atoms with Crippen LogP contribution < -0.4 is 15.4 Å². The van der Waals surface area contributed by atoms with Crippen LogP contribution in [0.1, 0.15) is 12.8 Å². The zero-order valence-corrected chi connectivity index (χ0v) is 12.5. The Bertz CT molecular complexity index is 405. The molecule has 1 aromatic rings. The normalized spacial score (nSPS) is 15.6. The van der Waals surface area contributed by atoms with Gasteiger partial charge in [-0.3, -0.25) is 9.69 Å². The first kappa shape index (κ1) is 15.8. The molecular weight excluding hydrogens is 266 g/mol. The van der Waals surface area contributed by atoms with Gasteiger partial charge < -0.3 is 15.4 Å². The number of piperazine rings is 1. The maximum absolute atomic E-state index is 11.7. The van der Waals surface area contributed by atoms with E-state index < -0.39 is 0 Å². The SMILES string of the molecule is O=C(CCCOc1ccccc1)NCCN1CCNCC1. The van der Waals surface area contributed by atoms with Crippen LogP contribution in [0, 0.1) is 0 Å². The molecule has 1 heterocycles. The van der Waals surface area contributed by atoms with Crippen LogP contribution in [0.25, 0.3) is 0 Å². The first-order valence-electron chi connectivity index (χ1n) is 7.72. The predicted molar refractivity (Wildman–Crippen MR) is 83.5 cm³/mol. The highest BCUT2D eigenvalue weighted by atomic mass is 16.5. The Balaban J connectivity index is 1.47. The second-order valence-corrected chi connectivity index (χ2v) is 5.21. The van der Waals surface area contributed by atoms with Crippen molar-refractivity contribution >= 4 is 5.91 Å². The molecule has 21 heavy (non-hydrogen) atoms. The van der Waals surface area contributed by atoms with E-state index in [-0.39, 0.29) is 5.91 Å². The van der Waals surface area contributed by atoms with E-state index in [4.69, 9.17) is 4.74 Å². The van der Waals surface area contributed by atoms with Gasteiger partial charge in [-0.25, -0.2) is 0 Å². The summed E-state index contributed by atoms with van der Waals surface area (Å²) in [6.07, 6.45) is 1.27. The standard InChI is InChI=1S/C16H25N3O2/c20-16(18-10-13-19-11-8-17-9-12-19)7-4-14-21-15-5-2-1-3-6-15/h1-3,5-6,17H,4,7-14H2,(H,18,20). The zero-order valence-electron chi connectivity index (χ0n) is 12.5. The summed E-state index contributed by atoms with van der Waals surface area (Å²) in [6, 6.07) is 9.69. The molecule has 0 aliphatic carbocycles. The smallest absolute Gasteiger partial charge is 0.220 e. The van der Waals surface area contributed by atoms with Gasteiger partial charge in [0.25, 0.3) is 0 Å². The summed E-state index contributed by atoms with van der Waals surface area (Å²) in [4.78, 5) is 14.1. The van der Waals surface area contributed by atoms with Crippen LogP contribution in [0.3, 0.4) is 0 Å². The Labute approximate surface area is 126 Å². The van der Waals surface area contributed by atoms with Crippen molar-refractivity contribution in [1.82, 2.24) is 15.5 Å². The lowest BCUT2D eigenvalue weighted by Crippen LogP contribution is -2.46. The van der Waals surface area contributed by atoms with Gasteiger partial charge in [-0.1, -0.05) is 18.2 Å². The topological polar surface area (TPSA) is 53.6 Å². The number of benzene rings is 1. The number of hydrogen-bond acceptors (Lipinski definition) is 4. The van der Waals surface area contributed by atoms with Crippen LogP contribution in [0.2, 0.25) is 0 Å². The van der Waals surface area contributed by atoms with Gasteiger partial charge in [0.2, 0.25) is 5.91 Å². The molecule has 2 N–H and O–H groups in total. The summed E-state index contributed by atoms with van der Waals surface area (Å²) in [6.45, 7) is 6.48. The van der Waals surface area contributed by atoms with Crippen molar-refractivity contribution in [1.29, 1.82) is 0 Å². The van der Waals surface area contributed by atoms with E-state index in [2.05, 4.69) is 15.5 Å². The molecule has 0 atom stereocenters. The number of amides is 1. The largest absolute Gasteiger partial charge is 0.494 e. The Morgan fingerprint density at radius 2 is 2.00 bits per heavy atom. The Morgan fingerprint density at radius 3 is 2.76 bits per heavy atom. The molecule has 5 heteroatoms. The lowest BCUT2D eigenvalue weighted by molar-refractivity contribution is -0.121. The van der Waals surface area contributed by atoms with E-state index in [1.165, 1.54) is 0 Å². The highest BCUT2D eigenvalue weighted by molar-refractivity contribution is 5.75. The first-order valence-corrected chi connectivity index (χ1v) is 7.72. The molecule has 0 unspecified atom stereocenters. The molecule has 116 valence electrons. The molecule has 1 saturated heterocycles. The number of para-hydroxylation sites is 1. The number of hydrogen-bond donors (Lipinski definition) is 2. The maximum Gasteiger partial charge on any atom is 0.220 e. The fraction of sp³-hybridized carbons (Fsp3) is 0.562. The average Bonchev–Trinajstić information content (AvgIpc) is 2.54. The molecule has 1 aliphatic rings. The lowest BCUT2D eigenvalue weighted by Gasteiger charge is -2.27. The van der Waals surface area contributed by atoms with E-state index >= 15 is 0 Å². The third kappa shape index (κ3) is 6.60. The second kappa shape index (κ2) is 9.37. The summed E-state index contributed by atoms with van der Waals surface area (Å²) >= 11 is 0. The highest BCUT2D eigenvalue weighted by Crippen LogP contribution is 2.08. The lowest BCUT2D eigenvalue weighted by atomic mass is 10.3. The number of nitrogens with zero attached hydrogens (tertiary/aromatic N) is 1. The predicted octanol–water partition coefficient (Wildman–Crippen LogP) is 0.867. The second-order valence-electron chi connectivity index (χ2n) is 5.21. The Morgan fingerprint density at radius 1 is 1.24 bits per heavy atom. The minimum atomic E-state index is 0.113. The van der Waals surface area contributed by atoms with Gasteiger partial charge in [-0.15, -0.1) is 0 Å². The molecule has 0 aromatic heterocycles. The molecule has 0 saturated carbocycles. The van der Waals surface area contributed by atoms with Crippen molar-refractivity contribution < 1.29 is 9.53 Å². The van der Waals surface area contributed by atoms with Crippen LogP contribution in [-0.4, -0.2) is 56.7 Å². The van der Waals surface area contributed by atoms with Crippen molar-refractivity contribution in [2.75, 3.05) is 45.9 Å². The monoisotopic (exact) mass is 291 g/mol. The summed E-state index contributed by atoms with van der Waals surface area (Å²) in [5.74, 6) is 0.971. The molecule has 1 fully saturated rings. The van der Waals surface area contributed by atoms with Gasteiger partial charge in [-0.05, 0) is 18.6 Å². The molecule has 1 aliphatic heterocycles. The van der Waals surface area contributed by atoms with Gasteiger partial charge in [0, 0.05) is 45.7 Å². The highest BCUT2D eigenvalue weighted by Gasteiger charge is 2.09. The third-order valence-corrected chi connectivity index (χ3v) is 3.52. The van der Waals surface area contributed by atoms with Crippen LogP contribution in [-0.2, 0) is 4.79 Å². The van der Waals surface area contributed by atoms with Crippen LogP contribution in [0.4, 0.5) is 0 Å². The molecule has 5 nitrogen and oxygen atoms in total. The summed E-state index contributed by atoms with van der Waals surface area (Å²) in [5, 5.41) is 6.29. The molecule has 2 rings (SSSR count). The fourth-order valence-corrected chi connectivity index (χ4v) is 2.32. The molecular formula is C16H25N3O2. The Hall–Kier alpha value is -1.59. The zero-order chi connectivity index (χ0) is 14.8. The van der Waals surface area contributed by atoms with Gasteiger partial charge >= 0.3 is 0 Å². The number of carbonyl (C=O) groups excluding carboxylic acids is 1. The van der Waals surface area contributed by atoms with Crippen molar-refractivity contribution in [2.24, 2.45) is 0 Å². The summed E-state index contributed by atoms with van der Waals surface area (Å²) in [5.41, 5.74) is 0.